The van der Waals surface area contributed by atoms with Gasteiger partial charge >= 0.3 is 6.03 Å². The Hall–Kier alpha value is -0.730. The average molecular weight is 253 g/mol. The normalized spacial score (nSPS) is 16.5. The molecule has 0 unspecified atom stereocenters. The molecule has 1 N–H and O–H groups in total. The van der Waals surface area contributed by atoms with Crippen LogP contribution in [0.2, 0.25) is 0 Å². The summed E-state index contributed by atoms with van der Waals surface area (Å²) in [5.74, 6) is 0. The number of rotatable bonds is 8. The molecule has 1 aliphatic carbocycles. The van der Waals surface area contributed by atoms with Crippen LogP contribution in [0.5, 0.6) is 0 Å². The lowest BCUT2D eigenvalue weighted by Gasteiger charge is -2.22. The number of nitrogens with zero attached hydrogens (tertiary/aromatic N) is 1. The fourth-order valence-electron chi connectivity index (χ4n) is 2.54. The zero-order valence-corrected chi connectivity index (χ0v) is 11.9. The first kappa shape index (κ1) is 15.3. The maximum atomic E-state index is 11.6. The number of carbonyl (C=O) groups is 1. The standard InChI is InChI=1S/C15H29N2O/c1-2-3-4-5-6-10-13-16-15(18)17-14-11-8-7-9-12-14/h14H,2-13H2,1H3,(H,17,18). The van der Waals surface area contributed by atoms with E-state index in [0.29, 0.717) is 12.6 Å². The zero-order valence-electron chi connectivity index (χ0n) is 11.9. The van der Waals surface area contributed by atoms with E-state index in [1.807, 2.05) is 0 Å². The number of amides is 2. The van der Waals surface area contributed by atoms with Crippen molar-refractivity contribution in [2.24, 2.45) is 0 Å². The van der Waals surface area contributed by atoms with Gasteiger partial charge in [0.05, 0.1) is 0 Å². The molecule has 2 amide bonds. The van der Waals surface area contributed by atoms with Gasteiger partial charge in [0.2, 0.25) is 0 Å². The second kappa shape index (κ2) is 10.2. The van der Waals surface area contributed by atoms with Gasteiger partial charge in [-0.2, -0.15) is 0 Å². The van der Waals surface area contributed by atoms with Crippen LogP contribution in [0.4, 0.5) is 4.79 Å². The first-order chi connectivity index (χ1) is 8.83. The zero-order chi connectivity index (χ0) is 13.1. The Labute approximate surface area is 112 Å². The van der Waals surface area contributed by atoms with Crippen LogP contribution in [0.3, 0.4) is 0 Å². The molecule has 0 aromatic rings. The van der Waals surface area contributed by atoms with E-state index in [9.17, 15) is 4.79 Å². The smallest absolute Gasteiger partial charge is 0.334 e. The molecule has 1 fully saturated rings. The summed E-state index contributed by atoms with van der Waals surface area (Å²) in [6, 6.07) is 0.301. The molecule has 0 aromatic heterocycles. The number of hydrogen-bond donors (Lipinski definition) is 1. The summed E-state index contributed by atoms with van der Waals surface area (Å²) in [6.45, 7) is 2.93. The fraction of sp³-hybridized carbons (Fsp3) is 0.933. The molecule has 1 aliphatic rings. The SMILES string of the molecule is CCCCCCCC[N]C(=O)NC1CCCCC1. The molecule has 0 heterocycles. The van der Waals surface area contributed by atoms with Crippen LogP contribution in [-0.4, -0.2) is 18.6 Å². The Morgan fingerprint density at radius 3 is 2.44 bits per heavy atom. The molecule has 18 heavy (non-hydrogen) atoms. The molecule has 3 nitrogen and oxygen atoms in total. The van der Waals surface area contributed by atoms with E-state index >= 15 is 0 Å². The monoisotopic (exact) mass is 253 g/mol. The molecule has 1 rings (SSSR count). The number of hydrogen-bond acceptors (Lipinski definition) is 1. The van der Waals surface area contributed by atoms with E-state index in [4.69, 9.17) is 0 Å². The summed E-state index contributed by atoms with van der Waals surface area (Å²) in [6.07, 6.45) is 13.6. The molecule has 0 spiro atoms. The third kappa shape index (κ3) is 7.57. The van der Waals surface area contributed by atoms with E-state index in [0.717, 1.165) is 19.3 Å². The molecule has 0 bridgehead atoms. The van der Waals surface area contributed by atoms with E-state index < -0.39 is 0 Å². The second-order valence-electron chi connectivity index (χ2n) is 5.43. The van der Waals surface area contributed by atoms with E-state index in [1.165, 1.54) is 51.4 Å². The minimum atomic E-state index is -0.0875. The predicted octanol–water partition coefficient (Wildman–Crippen LogP) is 3.99. The van der Waals surface area contributed by atoms with Crippen molar-refractivity contribution in [2.75, 3.05) is 6.54 Å². The second-order valence-corrected chi connectivity index (χ2v) is 5.43. The summed E-state index contributed by atoms with van der Waals surface area (Å²) in [7, 11) is 0. The molecule has 0 atom stereocenters. The van der Waals surface area contributed by atoms with Crippen molar-refractivity contribution in [1.82, 2.24) is 10.6 Å². The molecule has 0 aromatic carbocycles. The van der Waals surface area contributed by atoms with Gasteiger partial charge in [-0.1, -0.05) is 58.3 Å². The van der Waals surface area contributed by atoms with Gasteiger partial charge in [-0.15, -0.1) is 0 Å². The topological polar surface area (TPSA) is 43.2 Å². The third-order valence-corrected chi connectivity index (χ3v) is 3.70. The molecular formula is C15H29N2O. The summed E-state index contributed by atoms with van der Waals surface area (Å²) in [4.78, 5) is 11.6. The van der Waals surface area contributed by atoms with Gasteiger partial charge in [0, 0.05) is 12.6 Å². The lowest BCUT2D eigenvalue weighted by molar-refractivity contribution is 0.231. The van der Waals surface area contributed by atoms with Crippen molar-refractivity contribution >= 4 is 6.03 Å². The van der Waals surface area contributed by atoms with Crippen LogP contribution in [0, 0.1) is 0 Å². The van der Waals surface area contributed by atoms with E-state index in [2.05, 4.69) is 17.6 Å². The first-order valence-electron chi connectivity index (χ1n) is 7.81. The fourth-order valence-corrected chi connectivity index (χ4v) is 2.54. The van der Waals surface area contributed by atoms with Crippen molar-refractivity contribution in [2.45, 2.75) is 83.6 Å². The molecule has 105 valence electrons. The van der Waals surface area contributed by atoms with Crippen molar-refractivity contribution in [3.8, 4) is 0 Å². The third-order valence-electron chi connectivity index (χ3n) is 3.70. The summed E-state index contributed by atoms with van der Waals surface area (Å²) in [5.41, 5.74) is 0. The van der Waals surface area contributed by atoms with Crippen molar-refractivity contribution in [1.29, 1.82) is 0 Å². The maximum absolute atomic E-state index is 11.6. The van der Waals surface area contributed by atoms with Gasteiger partial charge in [0.1, 0.15) is 0 Å². The Bertz CT molecular complexity index is 213. The maximum Gasteiger partial charge on any atom is 0.336 e. The largest absolute Gasteiger partial charge is 0.336 e. The first-order valence-corrected chi connectivity index (χ1v) is 7.81. The van der Waals surface area contributed by atoms with Crippen molar-refractivity contribution in [3.05, 3.63) is 0 Å². The Kier molecular flexibility index (Phi) is 8.70. The van der Waals surface area contributed by atoms with Crippen LogP contribution in [-0.2, 0) is 0 Å². The van der Waals surface area contributed by atoms with Gasteiger partial charge in [-0.25, -0.2) is 10.1 Å². The van der Waals surface area contributed by atoms with Crippen LogP contribution >= 0.6 is 0 Å². The number of unbranched alkanes of at least 4 members (excludes halogenated alkanes) is 5. The minimum absolute atomic E-state index is 0.0875. The Morgan fingerprint density at radius 1 is 1.06 bits per heavy atom. The highest BCUT2D eigenvalue weighted by Crippen LogP contribution is 2.17. The molecule has 1 saturated carbocycles. The predicted molar refractivity (Wildman–Crippen MR) is 75.8 cm³/mol. The molecular weight excluding hydrogens is 224 g/mol. The summed E-state index contributed by atoms with van der Waals surface area (Å²) >= 11 is 0. The number of carbonyl (C=O) groups excluding carboxylic acids is 1. The lowest BCUT2D eigenvalue weighted by Crippen LogP contribution is -2.40. The Morgan fingerprint density at radius 2 is 1.72 bits per heavy atom. The highest BCUT2D eigenvalue weighted by molar-refractivity contribution is 5.73. The average Bonchev–Trinajstić information content (AvgIpc) is 2.39. The van der Waals surface area contributed by atoms with Crippen molar-refractivity contribution < 1.29 is 4.79 Å². The Balaban J connectivity index is 1.90. The molecule has 0 aliphatic heterocycles. The van der Waals surface area contributed by atoms with E-state index in [-0.39, 0.29) is 6.03 Å². The lowest BCUT2D eigenvalue weighted by atomic mass is 9.96. The van der Waals surface area contributed by atoms with Gasteiger partial charge < -0.3 is 5.32 Å². The molecule has 1 radical (unpaired) electrons. The van der Waals surface area contributed by atoms with Gasteiger partial charge in [0.15, 0.2) is 0 Å². The molecule has 3 heteroatoms. The quantitative estimate of drug-likeness (QED) is 0.653. The van der Waals surface area contributed by atoms with Crippen molar-refractivity contribution in [3.63, 3.8) is 0 Å². The summed E-state index contributed by atoms with van der Waals surface area (Å²) < 4.78 is 0. The van der Waals surface area contributed by atoms with Gasteiger partial charge in [-0.05, 0) is 19.3 Å². The number of nitrogens with one attached hydrogen (secondary N) is 1. The highest BCUT2D eigenvalue weighted by atomic mass is 16.2. The van der Waals surface area contributed by atoms with Gasteiger partial charge in [-0.3, -0.25) is 0 Å². The van der Waals surface area contributed by atoms with Crippen LogP contribution in [0.15, 0.2) is 0 Å². The number of urea groups is 1. The highest BCUT2D eigenvalue weighted by Gasteiger charge is 2.15. The van der Waals surface area contributed by atoms with E-state index in [1.54, 1.807) is 0 Å². The minimum Gasteiger partial charge on any atom is -0.334 e. The molecule has 0 saturated heterocycles. The van der Waals surface area contributed by atoms with Crippen LogP contribution in [0.25, 0.3) is 0 Å². The van der Waals surface area contributed by atoms with Gasteiger partial charge in [0.25, 0.3) is 0 Å². The van der Waals surface area contributed by atoms with Crippen LogP contribution < -0.4 is 10.6 Å². The van der Waals surface area contributed by atoms with Crippen LogP contribution in [0.1, 0.15) is 77.6 Å². The summed E-state index contributed by atoms with van der Waals surface area (Å²) in [5, 5.41) is 7.11.